The summed E-state index contributed by atoms with van der Waals surface area (Å²) >= 11 is 6.20. The summed E-state index contributed by atoms with van der Waals surface area (Å²) in [7, 11) is 0. The van der Waals surface area contributed by atoms with Gasteiger partial charge < -0.3 is 5.11 Å². The van der Waals surface area contributed by atoms with Crippen molar-refractivity contribution in [1.29, 1.82) is 0 Å². The molecule has 0 aromatic rings. The summed E-state index contributed by atoms with van der Waals surface area (Å²) in [6.45, 7) is 13.0. The van der Waals surface area contributed by atoms with Gasteiger partial charge in [0.25, 0.3) is 0 Å². The van der Waals surface area contributed by atoms with Crippen LogP contribution in [0.4, 0.5) is 0 Å². The van der Waals surface area contributed by atoms with E-state index < -0.39 is 5.60 Å². The second-order valence-electron chi connectivity index (χ2n) is 6.40. The lowest BCUT2D eigenvalue weighted by atomic mass is 9.64. The van der Waals surface area contributed by atoms with Crippen LogP contribution in [0.15, 0.2) is 0 Å². The van der Waals surface area contributed by atoms with Crippen LogP contribution < -0.4 is 0 Å². The molecule has 1 nitrogen and oxygen atoms in total. The van der Waals surface area contributed by atoms with Crippen molar-refractivity contribution in [2.45, 2.75) is 91.0 Å². The van der Waals surface area contributed by atoms with Crippen molar-refractivity contribution in [3.05, 3.63) is 0 Å². The Bertz CT molecular complexity index is 227. The minimum absolute atomic E-state index is 0.0313. The summed E-state index contributed by atoms with van der Waals surface area (Å²) in [6.07, 6.45) is 5.95. The first-order valence-electron chi connectivity index (χ1n) is 7.61. The van der Waals surface area contributed by atoms with E-state index in [9.17, 15) is 5.11 Å². The van der Waals surface area contributed by atoms with Crippen LogP contribution in [0.2, 0.25) is 0 Å². The van der Waals surface area contributed by atoms with Crippen LogP contribution in [0.25, 0.3) is 0 Å². The van der Waals surface area contributed by atoms with Crippen molar-refractivity contribution in [3.63, 3.8) is 0 Å². The quantitative estimate of drug-likeness (QED) is 0.560. The monoisotopic (exact) mass is 276 g/mol. The first kappa shape index (κ1) is 18.2. The number of rotatable bonds is 9. The maximum absolute atomic E-state index is 11.2. The Morgan fingerprint density at radius 1 is 1.11 bits per heavy atom. The molecule has 0 radical (unpaired) electrons. The molecule has 0 amide bonds. The van der Waals surface area contributed by atoms with Crippen molar-refractivity contribution in [1.82, 2.24) is 0 Å². The Morgan fingerprint density at radius 3 is 2.06 bits per heavy atom. The highest BCUT2D eigenvalue weighted by Gasteiger charge is 2.45. The maximum atomic E-state index is 11.2. The van der Waals surface area contributed by atoms with Crippen molar-refractivity contribution < 1.29 is 5.11 Å². The number of aliphatic hydroxyl groups is 1. The third-order valence-electron chi connectivity index (χ3n) is 4.86. The lowest BCUT2D eigenvalue weighted by Gasteiger charge is -2.47. The van der Waals surface area contributed by atoms with E-state index in [1.165, 1.54) is 0 Å². The molecule has 0 saturated heterocycles. The highest BCUT2D eigenvalue weighted by Crippen LogP contribution is 2.44. The topological polar surface area (TPSA) is 20.2 Å². The molecule has 0 aromatic heterocycles. The fourth-order valence-electron chi connectivity index (χ4n) is 2.81. The maximum Gasteiger partial charge on any atom is 0.0723 e. The Morgan fingerprint density at radius 2 is 1.67 bits per heavy atom. The fourth-order valence-corrected chi connectivity index (χ4v) is 2.94. The average Bonchev–Trinajstić information content (AvgIpc) is 2.35. The summed E-state index contributed by atoms with van der Waals surface area (Å²) in [4.78, 5) is 0. The van der Waals surface area contributed by atoms with Gasteiger partial charge in [-0.3, -0.25) is 0 Å². The normalized spacial score (nSPS) is 19.3. The highest BCUT2D eigenvalue weighted by molar-refractivity contribution is 6.20. The lowest BCUT2D eigenvalue weighted by molar-refractivity contribution is -0.118. The lowest BCUT2D eigenvalue weighted by Crippen LogP contribution is -2.49. The third kappa shape index (κ3) is 4.42. The van der Waals surface area contributed by atoms with Gasteiger partial charge in [0.05, 0.1) is 5.60 Å². The summed E-state index contributed by atoms with van der Waals surface area (Å²) < 4.78 is 0. The van der Waals surface area contributed by atoms with Gasteiger partial charge in [-0.2, -0.15) is 0 Å². The molecular weight excluding hydrogens is 244 g/mol. The molecule has 0 aliphatic rings. The van der Waals surface area contributed by atoms with Crippen LogP contribution >= 0.6 is 11.6 Å². The molecule has 0 spiro atoms. The van der Waals surface area contributed by atoms with Crippen LogP contribution in [-0.2, 0) is 0 Å². The van der Waals surface area contributed by atoms with Crippen molar-refractivity contribution in [2.24, 2.45) is 11.3 Å². The molecule has 3 atom stereocenters. The zero-order valence-electron chi connectivity index (χ0n) is 13.2. The SMILES string of the molecule is CCCC(O)(C(C)CCC(Cl)CC)C(C)(C)CC. The Labute approximate surface area is 119 Å². The number of hydrogen-bond acceptors (Lipinski definition) is 1. The van der Waals surface area contributed by atoms with Crippen LogP contribution in [0.5, 0.6) is 0 Å². The Hall–Kier alpha value is 0.250. The molecule has 0 rings (SSSR count). The summed E-state index contributed by atoms with van der Waals surface area (Å²) in [5.41, 5.74) is -0.600. The van der Waals surface area contributed by atoms with Gasteiger partial charge in [-0.05, 0) is 43.4 Å². The zero-order valence-corrected chi connectivity index (χ0v) is 14.0. The van der Waals surface area contributed by atoms with E-state index in [-0.39, 0.29) is 10.8 Å². The van der Waals surface area contributed by atoms with Gasteiger partial charge >= 0.3 is 0 Å². The highest BCUT2D eigenvalue weighted by atomic mass is 35.5. The van der Waals surface area contributed by atoms with Crippen LogP contribution in [0.3, 0.4) is 0 Å². The second kappa shape index (κ2) is 7.75. The standard InChI is InChI=1S/C16H33ClO/c1-7-12-16(18,15(5,6)9-3)13(4)10-11-14(17)8-2/h13-14,18H,7-12H2,1-6H3. The van der Waals surface area contributed by atoms with Gasteiger partial charge in [0, 0.05) is 5.38 Å². The summed E-state index contributed by atoms with van der Waals surface area (Å²) in [5.74, 6) is 0.306. The number of halogens is 1. The van der Waals surface area contributed by atoms with Gasteiger partial charge in [0.2, 0.25) is 0 Å². The molecular formula is C16H33ClO. The summed E-state index contributed by atoms with van der Waals surface area (Å²) in [6, 6.07) is 0. The molecule has 18 heavy (non-hydrogen) atoms. The van der Waals surface area contributed by atoms with Gasteiger partial charge in [-0.25, -0.2) is 0 Å². The summed E-state index contributed by atoms with van der Waals surface area (Å²) in [5, 5.41) is 11.4. The molecule has 110 valence electrons. The minimum atomic E-state index is -0.569. The second-order valence-corrected chi connectivity index (χ2v) is 7.01. The van der Waals surface area contributed by atoms with Crippen LogP contribution in [-0.4, -0.2) is 16.1 Å². The molecule has 0 heterocycles. The van der Waals surface area contributed by atoms with Gasteiger partial charge in [-0.1, -0.05) is 48.0 Å². The van der Waals surface area contributed by atoms with E-state index in [0.29, 0.717) is 5.92 Å². The van der Waals surface area contributed by atoms with Gasteiger partial charge in [0.15, 0.2) is 0 Å². The van der Waals surface area contributed by atoms with Crippen LogP contribution in [0, 0.1) is 11.3 Å². The van der Waals surface area contributed by atoms with E-state index in [4.69, 9.17) is 11.6 Å². The predicted molar refractivity (Wildman–Crippen MR) is 82.3 cm³/mol. The smallest absolute Gasteiger partial charge is 0.0723 e. The molecule has 0 aliphatic heterocycles. The van der Waals surface area contributed by atoms with Crippen LogP contribution in [0.1, 0.15) is 80.1 Å². The molecule has 0 fully saturated rings. The van der Waals surface area contributed by atoms with E-state index in [1.807, 2.05) is 0 Å². The average molecular weight is 277 g/mol. The van der Waals surface area contributed by atoms with E-state index in [0.717, 1.165) is 38.5 Å². The van der Waals surface area contributed by atoms with Gasteiger partial charge in [-0.15, -0.1) is 11.6 Å². The molecule has 0 aromatic carbocycles. The van der Waals surface area contributed by atoms with Gasteiger partial charge in [0.1, 0.15) is 0 Å². The molecule has 2 heteroatoms. The number of alkyl halides is 1. The Kier molecular flexibility index (Phi) is 7.85. The fraction of sp³-hybridized carbons (Fsp3) is 1.00. The predicted octanol–water partition coefficient (Wildman–Crippen LogP) is 5.39. The number of hydrogen-bond donors (Lipinski definition) is 1. The van der Waals surface area contributed by atoms with E-state index in [2.05, 4.69) is 41.5 Å². The molecule has 0 bridgehead atoms. The van der Waals surface area contributed by atoms with Crippen molar-refractivity contribution in [3.8, 4) is 0 Å². The molecule has 3 unspecified atom stereocenters. The van der Waals surface area contributed by atoms with E-state index in [1.54, 1.807) is 0 Å². The Balaban J connectivity index is 4.77. The first-order chi connectivity index (χ1) is 8.25. The zero-order chi connectivity index (χ0) is 14.4. The molecule has 0 saturated carbocycles. The van der Waals surface area contributed by atoms with Crippen molar-refractivity contribution in [2.75, 3.05) is 0 Å². The first-order valence-corrected chi connectivity index (χ1v) is 8.05. The largest absolute Gasteiger partial charge is 0.389 e. The van der Waals surface area contributed by atoms with E-state index >= 15 is 0 Å². The molecule has 0 aliphatic carbocycles. The third-order valence-corrected chi connectivity index (χ3v) is 5.38. The van der Waals surface area contributed by atoms with Crippen molar-refractivity contribution >= 4 is 11.6 Å². The molecule has 1 N–H and O–H groups in total. The minimum Gasteiger partial charge on any atom is -0.389 e.